The van der Waals surface area contributed by atoms with Gasteiger partial charge in [0, 0.05) is 16.5 Å². The highest BCUT2D eigenvalue weighted by Crippen LogP contribution is 2.23. The Morgan fingerprint density at radius 2 is 1.67 bits per heavy atom. The summed E-state index contributed by atoms with van der Waals surface area (Å²) < 4.78 is 0. The highest BCUT2D eigenvalue weighted by atomic mass is 32.1. The van der Waals surface area contributed by atoms with Gasteiger partial charge in [0.25, 0.3) is 0 Å². The fourth-order valence-electron chi connectivity index (χ4n) is 3.50. The average Bonchev–Trinajstić information content (AvgIpc) is 3.18. The predicted molar refractivity (Wildman–Crippen MR) is 109 cm³/mol. The van der Waals surface area contributed by atoms with Crippen LogP contribution in [0.3, 0.4) is 0 Å². The lowest BCUT2D eigenvalue weighted by Crippen LogP contribution is -3.13. The Labute approximate surface area is 164 Å². The maximum absolute atomic E-state index is 12.7. The van der Waals surface area contributed by atoms with Gasteiger partial charge in [0.05, 0.1) is 38.3 Å². The molecule has 1 aliphatic rings. The topological polar surface area (TPSA) is 37.6 Å². The molecule has 0 atom stereocenters. The summed E-state index contributed by atoms with van der Waals surface area (Å²) in [4.78, 5) is 20.9. The summed E-state index contributed by atoms with van der Waals surface area (Å²) in [6.07, 6.45) is 0.400. The Morgan fingerprint density at radius 3 is 2.37 bits per heavy atom. The molecule has 138 valence electrons. The second kappa shape index (κ2) is 8.46. The maximum atomic E-state index is 12.7. The first kappa shape index (κ1) is 17.9. The minimum atomic E-state index is 0.193. The van der Waals surface area contributed by atoms with E-state index in [1.54, 1.807) is 16.2 Å². The Hall–Kier alpha value is -2.50. The quantitative estimate of drug-likeness (QED) is 0.740. The summed E-state index contributed by atoms with van der Waals surface area (Å²) in [6, 6.07) is 20.7. The van der Waals surface area contributed by atoms with Gasteiger partial charge in [-0.2, -0.15) is 0 Å². The van der Waals surface area contributed by atoms with Gasteiger partial charge < -0.3 is 9.80 Å². The molecule has 2 aromatic carbocycles. The lowest BCUT2D eigenvalue weighted by atomic mass is 10.2. The number of nitrogens with zero attached hydrogens (tertiary/aromatic N) is 2. The van der Waals surface area contributed by atoms with Crippen LogP contribution >= 0.6 is 11.3 Å². The van der Waals surface area contributed by atoms with Crippen molar-refractivity contribution in [3.63, 3.8) is 0 Å². The molecule has 2 heterocycles. The van der Waals surface area contributed by atoms with E-state index in [9.17, 15) is 4.79 Å². The minimum absolute atomic E-state index is 0.193. The molecule has 0 aliphatic carbocycles. The first-order valence-corrected chi connectivity index (χ1v) is 10.3. The van der Waals surface area contributed by atoms with E-state index in [-0.39, 0.29) is 5.91 Å². The van der Waals surface area contributed by atoms with E-state index in [0.717, 1.165) is 49.0 Å². The van der Waals surface area contributed by atoms with Crippen molar-refractivity contribution in [3.05, 3.63) is 77.3 Å². The van der Waals surface area contributed by atoms with Gasteiger partial charge in [0.15, 0.2) is 0 Å². The molecule has 1 saturated heterocycles. The molecule has 4 rings (SSSR count). The highest BCUT2D eigenvalue weighted by molar-refractivity contribution is 7.13. The molecular formula is C22H24N3OS+. The lowest BCUT2D eigenvalue weighted by Gasteiger charge is -2.32. The number of amides is 1. The van der Waals surface area contributed by atoms with Crippen molar-refractivity contribution in [2.24, 2.45) is 0 Å². The van der Waals surface area contributed by atoms with Crippen LogP contribution in [-0.2, 0) is 17.8 Å². The van der Waals surface area contributed by atoms with E-state index in [1.165, 1.54) is 5.56 Å². The predicted octanol–water partition coefficient (Wildman–Crippen LogP) is 2.28. The molecule has 0 unspecified atom stereocenters. The molecule has 27 heavy (non-hydrogen) atoms. The molecule has 0 spiro atoms. The van der Waals surface area contributed by atoms with Crippen LogP contribution in [0, 0.1) is 0 Å². The van der Waals surface area contributed by atoms with Crippen LogP contribution in [0.5, 0.6) is 0 Å². The molecule has 0 radical (unpaired) electrons. The smallest absolute Gasteiger partial charge is 0.229 e. The summed E-state index contributed by atoms with van der Waals surface area (Å²) in [5.41, 5.74) is 3.35. The van der Waals surface area contributed by atoms with E-state index < -0.39 is 0 Å². The van der Waals surface area contributed by atoms with Gasteiger partial charge in [0.2, 0.25) is 5.91 Å². The first-order chi connectivity index (χ1) is 13.3. The van der Waals surface area contributed by atoms with Crippen LogP contribution in [-0.4, -0.2) is 42.0 Å². The standard InChI is InChI=1S/C22H23N3OS/c26-21(15-20-17-27-22(23-20)19-9-5-2-6-10-19)25-13-11-24(12-14-25)16-18-7-3-1-4-8-18/h1-10,17H,11-16H2/p+1. The number of aromatic nitrogens is 1. The van der Waals surface area contributed by atoms with Crippen LogP contribution in [0.25, 0.3) is 10.6 Å². The second-order valence-corrected chi connectivity index (χ2v) is 7.84. The van der Waals surface area contributed by atoms with Gasteiger partial charge in [-0.25, -0.2) is 4.98 Å². The number of hydrogen-bond acceptors (Lipinski definition) is 3. The van der Waals surface area contributed by atoms with E-state index in [1.807, 2.05) is 28.5 Å². The number of thiazole rings is 1. The minimum Gasteiger partial charge on any atom is -0.331 e. The maximum Gasteiger partial charge on any atom is 0.229 e. The number of hydrogen-bond donors (Lipinski definition) is 1. The number of piperazine rings is 1. The van der Waals surface area contributed by atoms with Crippen LogP contribution in [0.15, 0.2) is 66.0 Å². The molecule has 1 fully saturated rings. The normalized spacial score (nSPS) is 15.0. The van der Waals surface area contributed by atoms with E-state index in [2.05, 4.69) is 47.4 Å². The van der Waals surface area contributed by atoms with Crippen molar-refractivity contribution in [1.82, 2.24) is 9.88 Å². The van der Waals surface area contributed by atoms with Gasteiger partial charge in [0.1, 0.15) is 11.6 Å². The SMILES string of the molecule is O=C(Cc1csc(-c2ccccc2)n1)N1CC[NH+](Cc2ccccc2)CC1. The van der Waals surface area contributed by atoms with E-state index in [4.69, 9.17) is 0 Å². The molecule has 1 amide bonds. The third kappa shape index (κ3) is 4.62. The Kier molecular flexibility index (Phi) is 5.61. The lowest BCUT2D eigenvalue weighted by molar-refractivity contribution is -0.917. The molecule has 1 aliphatic heterocycles. The number of quaternary nitrogens is 1. The fraction of sp³-hybridized carbons (Fsp3) is 0.273. The van der Waals surface area contributed by atoms with Crippen LogP contribution < -0.4 is 4.90 Å². The van der Waals surface area contributed by atoms with Gasteiger partial charge in [-0.1, -0.05) is 60.7 Å². The van der Waals surface area contributed by atoms with Crippen LogP contribution in [0.4, 0.5) is 0 Å². The summed E-state index contributed by atoms with van der Waals surface area (Å²) in [5.74, 6) is 0.193. The Bertz CT molecular complexity index is 871. The van der Waals surface area contributed by atoms with Crippen molar-refractivity contribution in [3.8, 4) is 10.6 Å². The summed E-state index contributed by atoms with van der Waals surface area (Å²) in [5, 5.41) is 2.99. The molecule has 0 bridgehead atoms. The number of carbonyl (C=O) groups excluding carboxylic acids is 1. The third-order valence-electron chi connectivity index (χ3n) is 5.03. The average molecular weight is 379 g/mol. The van der Waals surface area contributed by atoms with Gasteiger partial charge in [-0.05, 0) is 0 Å². The Morgan fingerprint density at radius 1 is 1.00 bits per heavy atom. The second-order valence-electron chi connectivity index (χ2n) is 6.98. The molecule has 4 nitrogen and oxygen atoms in total. The van der Waals surface area contributed by atoms with Crippen molar-refractivity contribution in [2.45, 2.75) is 13.0 Å². The number of nitrogens with one attached hydrogen (secondary N) is 1. The van der Waals surface area contributed by atoms with Gasteiger partial charge >= 0.3 is 0 Å². The van der Waals surface area contributed by atoms with Crippen molar-refractivity contribution in [2.75, 3.05) is 26.2 Å². The summed E-state index contributed by atoms with van der Waals surface area (Å²) >= 11 is 1.61. The monoisotopic (exact) mass is 378 g/mol. The van der Waals surface area contributed by atoms with Crippen LogP contribution in [0.2, 0.25) is 0 Å². The third-order valence-corrected chi connectivity index (χ3v) is 5.97. The largest absolute Gasteiger partial charge is 0.331 e. The summed E-state index contributed by atoms with van der Waals surface area (Å²) in [7, 11) is 0. The van der Waals surface area contributed by atoms with Gasteiger partial charge in [-0.3, -0.25) is 4.79 Å². The zero-order chi connectivity index (χ0) is 18.5. The fourth-order valence-corrected chi connectivity index (χ4v) is 4.33. The molecule has 1 N–H and O–H groups in total. The van der Waals surface area contributed by atoms with Crippen molar-refractivity contribution >= 4 is 17.2 Å². The zero-order valence-corrected chi connectivity index (χ0v) is 16.1. The Balaban J connectivity index is 1.29. The highest BCUT2D eigenvalue weighted by Gasteiger charge is 2.24. The molecular weight excluding hydrogens is 354 g/mol. The van der Waals surface area contributed by atoms with Crippen molar-refractivity contribution < 1.29 is 9.69 Å². The van der Waals surface area contributed by atoms with E-state index >= 15 is 0 Å². The number of benzene rings is 2. The first-order valence-electron chi connectivity index (χ1n) is 9.43. The number of carbonyl (C=O) groups is 1. The number of rotatable bonds is 5. The van der Waals surface area contributed by atoms with Crippen molar-refractivity contribution in [1.29, 1.82) is 0 Å². The molecule has 1 aromatic heterocycles. The van der Waals surface area contributed by atoms with E-state index in [0.29, 0.717) is 6.42 Å². The molecule has 0 saturated carbocycles. The van der Waals surface area contributed by atoms with Crippen LogP contribution in [0.1, 0.15) is 11.3 Å². The summed E-state index contributed by atoms with van der Waals surface area (Å²) in [6.45, 7) is 4.71. The van der Waals surface area contributed by atoms with Gasteiger partial charge in [-0.15, -0.1) is 11.3 Å². The molecule has 5 heteroatoms. The molecule has 3 aromatic rings. The zero-order valence-electron chi connectivity index (χ0n) is 15.3.